The fourth-order valence-electron chi connectivity index (χ4n) is 11.9. The highest BCUT2D eigenvalue weighted by Crippen LogP contribution is 2.52. The van der Waals surface area contributed by atoms with Gasteiger partial charge in [0.25, 0.3) is 0 Å². The molecule has 0 saturated carbocycles. The first kappa shape index (κ1) is 40.0. The maximum atomic E-state index is 2.48. The van der Waals surface area contributed by atoms with Gasteiger partial charge in [-0.3, -0.25) is 0 Å². The van der Waals surface area contributed by atoms with Gasteiger partial charge in [-0.15, -0.1) is 0 Å². The van der Waals surface area contributed by atoms with E-state index in [-0.39, 0.29) is 16.2 Å². The highest BCUT2D eigenvalue weighted by atomic mass is 14.4. The third-order valence-corrected chi connectivity index (χ3v) is 15.6. The molecular weight excluding hydrogens is 805 g/mol. The standard InChI is InChI=1S/C67H54/c1-65(2,3)49-33-45-18-16-39-20-26-52(57-30-24-47(35-49)61(45)63(39)57)43-13-11-12-41(32-43)42-22-28-55-56-29-23-44(38-60(56)67(7,8)59(55)37-42)51-14-9-10-15-53(51)54-27-21-40-17-19-46-34-50(66(4,5)6)36-48-25-31-58(54)64(40)62(46)48/h9-38H,1-8H3. The average Bonchev–Trinajstić information content (AvgIpc) is 3.56. The molecule has 0 radical (unpaired) electrons. The molecule has 0 spiro atoms. The molecule has 1 aliphatic carbocycles. The molecule has 0 amide bonds. The zero-order valence-corrected chi connectivity index (χ0v) is 39.8. The molecule has 13 rings (SSSR count). The Kier molecular flexibility index (Phi) is 8.29. The Morgan fingerprint density at radius 1 is 0.284 bits per heavy atom. The van der Waals surface area contributed by atoms with Crippen LogP contribution in [0.25, 0.3) is 120 Å². The number of benzene rings is 12. The molecule has 0 bridgehead atoms. The van der Waals surface area contributed by atoms with E-state index in [4.69, 9.17) is 0 Å². The van der Waals surface area contributed by atoms with Gasteiger partial charge in [0.1, 0.15) is 0 Å². The van der Waals surface area contributed by atoms with E-state index in [0.717, 1.165) is 0 Å². The summed E-state index contributed by atoms with van der Waals surface area (Å²) in [6.45, 7) is 18.7. The van der Waals surface area contributed by atoms with Crippen molar-refractivity contribution >= 4 is 64.6 Å². The van der Waals surface area contributed by atoms with Crippen molar-refractivity contribution in [2.75, 3.05) is 0 Å². The number of rotatable bonds is 4. The predicted octanol–water partition coefficient (Wildman–Crippen LogP) is 19.1. The number of fused-ring (bicyclic) bond motifs is 3. The Bertz CT molecular complexity index is 3970. The zero-order chi connectivity index (χ0) is 45.7. The topological polar surface area (TPSA) is 0 Å². The predicted molar refractivity (Wildman–Crippen MR) is 291 cm³/mol. The third-order valence-electron chi connectivity index (χ3n) is 15.6. The Labute approximate surface area is 394 Å². The first-order chi connectivity index (χ1) is 32.2. The first-order valence-electron chi connectivity index (χ1n) is 24.1. The van der Waals surface area contributed by atoms with Crippen LogP contribution in [-0.4, -0.2) is 0 Å². The van der Waals surface area contributed by atoms with Crippen molar-refractivity contribution < 1.29 is 0 Å². The molecule has 0 N–H and O–H groups in total. The van der Waals surface area contributed by atoms with E-state index < -0.39 is 0 Å². The number of hydrogen-bond donors (Lipinski definition) is 0. The molecule has 322 valence electrons. The van der Waals surface area contributed by atoms with Crippen LogP contribution in [0, 0.1) is 0 Å². The molecule has 12 aromatic carbocycles. The van der Waals surface area contributed by atoms with Crippen LogP contribution in [0.4, 0.5) is 0 Å². The molecule has 12 aromatic rings. The Morgan fingerprint density at radius 2 is 0.687 bits per heavy atom. The normalized spacial score (nSPS) is 13.8. The minimum atomic E-state index is -0.179. The van der Waals surface area contributed by atoms with Crippen LogP contribution in [0.1, 0.15) is 77.6 Å². The van der Waals surface area contributed by atoms with Crippen molar-refractivity contribution in [3.05, 3.63) is 204 Å². The molecule has 0 atom stereocenters. The van der Waals surface area contributed by atoms with Crippen LogP contribution in [0.3, 0.4) is 0 Å². The van der Waals surface area contributed by atoms with Crippen molar-refractivity contribution in [2.24, 2.45) is 0 Å². The number of hydrogen-bond acceptors (Lipinski definition) is 0. The van der Waals surface area contributed by atoms with E-state index in [2.05, 4.69) is 237 Å². The van der Waals surface area contributed by atoms with E-state index in [1.54, 1.807) is 0 Å². The summed E-state index contributed by atoms with van der Waals surface area (Å²) in [4.78, 5) is 0. The van der Waals surface area contributed by atoms with Gasteiger partial charge in [0.15, 0.2) is 0 Å². The summed E-state index contributed by atoms with van der Waals surface area (Å²) in [5.74, 6) is 0. The summed E-state index contributed by atoms with van der Waals surface area (Å²) in [5.41, 5.74) is 18.3. The summed E-state index contributed by atoms with van der Waals surface area (Å²) in [5, 5.41) is 16.0. The van der Waals surface area contributed by atoms with Gasteiger partial charge in [0.05, 0.1) is 0 Å². The van der Waals surface area contributed by atoms with Crippen LogP contribution < -0.4 is 0 Å². The minimum Gasteiger partial charge on any atom is -0.0616 e. The van der Waals surface area contributed by atoms with Crippen LogP contribution in [0.5, 0.6) is 0 Å². The highest BCUT2D eigenvalue weighted by molar-refractivity contribution is 6.27. The van der Waals surface area contributed by atoms with Gasteiger partial charge >= 0.3 is 0 Å². The van der Waals surface area contributed by atoms with Crippen molar-refractivity contribution in [1.29, 1.82) is 0 Å². The lowest BCUT2D eigenvalue weighted by Gasteiger charge is -2.23. The molecule has 0 nitrogen and oxygen atoms in total. The SMILES string of the molecule is CC(C)(C)c1cc2ccc3ccc(-c4cccc(-c5ccc6c(c5)C(C)(C)c5cc(-c7ccccc7-c7ccc8ccc9cc(C(C)(C)C)cc%10ccc7c8c9%10)ccc5-6)c4)c4ccc(c1)c2c34. The van der Waals surface area contributed by atoms with Crippen molar-refractivity contribution in [3.8, 4) is 55.6 Å². The maximum Gasteiger partial charge on any atom is 0.0159 e. The second-order valence-corrected chi connectivity index (χ2v) is 22.1. The van der Waals surface area contributed by atoms with E-state index in [1.807, 2.05) is 0 Å². The van der Waals surface area contributed by atoms with Crippen LogP contribution >= 0.6 is 0 Å². The van der Waals surface area contributed by atoms with E-state index in [9.17, 15) is 0 Å². The molecule has 1 aliphatic rings. The molecule has 0 aromatic heterocycles. The molecule has 0 fully saturated rings. The van der Waals surface area contributed by atoms with Gasteiger partial charge in [-0.05, 0) is 172 Å². The van der Waals surface area contributed by atoms with Crippen LogP contribution in [0.15, 0.2) is 182 Å². The lowest BCUT2D eigenvalue weighted by atomic mass is 9.80. The summed E-state index contributed by atoms with van der Waals surface area (Å²) in [6, 6.07) is 70.2. The minimum absolute atomic E-state index is 0.0837. The quantitative estimate of drug-likeness (QED) is 0.155. The Balaban J connectivity index is 0.870. The molecule has 0 aliphatic heterocycles. The van der Waals surface area contributed by atoms with Gasteiger partial charge < -0.3 is 0 Å². The van der Waals surface area contributed by atoms with E-state index in [1.165, 1.54) is 143 Å². The monoisotopic (exact) mass is 858 g/mol. The fourth-order valence-corrected chi connectivity index (χ4v) is 11.9. The third kappa shape index (κ3) is 5.98. The molecule has 0 heteroatoms. The van der Waals surface area contributed by atoms with Gasteiger partial charge in [0.2, 0.25) is 0 Å². The molecule has 0 saturated heterocycles. The lowest BCUT2D eigenvalue weighted by Crippen LogP contribution is -2.15. The zero-order valence-electron chi connectivity index (χ0n) is 39.8. The van der Waals surface area contributed by atoms with Gasteiger partial charge in [-0.1, -0.05) is 219 Å². The smallest absolute Gasteiger partial charge is 0.0159 e. The highest BCUT2D eigenvalue weighted by Gasteiger charge is 2.36. The lowest BCUT2D eigenvalue weighted by molar-refractivity contribution is 0.591. The van der Waals surface area contributed by atoms with Crippen LogP contribution in [-0.2, 0) is 16.2 Å². The summed E-state index contributed by atoms with van der Waals surface area (Å²) < 4.78 is 0. The summed E-state index contributed by atoms with van der Waals surface area (Å²) in [7, 11) is 0. The molecule has 0 unspecified atom stereocenters. The Morgan fingerprint density at radius 3 is 1.25 bits per heavy atom. The Hall–Kier alpha value is -7.28. The average molecular weight is 859 g/mol. The van der Waals surface area contributed by atoms with Crippen molar-refractivity contribution in [2.45, 2.75) is 71.6 Å². The second-order valence-electron chi connectivity index (χ2n) is 22.1. The van der Waals surface area contributed by atoms with Crippen molar-refractivity contribution in [1.82, 2.24) is 0 Å². The van der Waals surface area contributed by atoms with Gasteiger partial charge in [-0.25, -0.2) is 0 Å². The van der Waals surface area contributed by atoms with Crippen LogP contribution in [0.2, 0.25) is 0 Å². The van der Waals surface area contributed by atoms with Gasteiger partial charge in [0, 0.05) is 5.41 Å². The summed E-state index contributed by atoms with van der Waals surface area (Å²) in [6.07, 6.45) is 0. The fraction of sp³-hybridized carbons (Fsp3) is 0.164. The van der Waals surface area contributed by atoms with Gasteiger partial charge in [-0.2, -0.15) is 0 Å². The first-order valence-corrected chi connectivity index (χ1v) is 24.1. The van der Waals surface area contributed by atoms with Crippen molar-refractivity contribution in [3.63, 3.8) is 0 Å². The molecular formula is C67H54. The second kappa shape index (κ2) is 13.9. The summed E-state index contributed by atoms with van der Waals surface area (Å²) >= 11 is 0. The van der Waals surface area contributed by atoms with E-state index >= 15 is 0 Å². The largest absolute Gasteiger partial charge is 0.0616 e. The molecule has 0 heterocycles. The maximum absolute atomic E-state index is 2.48. The molecule has 67 heavy (non-hydrogen) atoms. The van der Waals surface area contributed by atoms with E-state index in [0.29, 0.717) is 0 Å².